The minimum atomic E-state index is -0.264. The van der Waals surface area contributed by atoms with Crippen molar-refractivity contribution in [2.45, 2.75) is 45.1 Å². The molecule has 0 aromatic carbocycles. The van der Waals surface area contributed by atoms with Gasteiger partial charge in [-0.2, -0.15) is 0 Å². The van der Waals surface area contributed by atoms with Crippen molar-refractivity contribution in [3.05, 3.63) is 29.1 Å². The zero-order valence-corrected chi connectivity index (χ0v) is 12.7. The van der Waals surface area contributed by atoms with E-state index in [1.165, 1.54) is 42.5 Å². The lowest BCUT2D eigenvalue weighted by atomic mass is 9.80. The van der Waals surface area contributed by atoms with Crippen LogP contribution in [0.2, 0.25) is 0 Å². The molecule has 0 bridgehead atoms. The van der Waals surface area contributed by atoms with Gasteiger partial charge in [0.15, 0.2) is 0 Å². The Morgan fingerprint density at radius 1 is 1.10 bits per heavy atom. The molecule has 2 aliphatic rings. The van der Waals surface area contributed by atoms with Crippen LogP contribution in [0.25, 0.3) is 0 Å². The molecule has 1 fully saturated rings. The summed E-state index contributed by atoms with van der Waals surface area (Å²) in [5.41, 5.74) is 3.95. The molecule has 4 heteroatoms. The maximum atomic E-state index is 9.48. The number of hydrogen-bond acceptors (Lipinski definition) is 4. The number of likely N-dealkylation sites (tertiary alicyclic amines) is 1. The second kappa shape index (κ2) is 6.42. The predicted molar refractivity (Wildman–Crippen MR) is 82.0 cm³/mol. The van der Waals surface area contributed by atoms with Crippen LogP contribution < -0.4 is 0 Å². The summed E-state index contributed by atoms with van der Waals surface area (Å²) in [6.07, 6.45) is 8.64. The van der Waals surface area contributed by atoms with E-state index >= 15 is 0 Å². The molecule has 116 valence electrons. The van der Waals surface area contributed by atoms with Crippen molar-refractivity contribution in [2.75, 3.05) is 26.3 Å². The van der Waals surface area contributed by atoms with Crippen LogP contribution in [-0.2, 0) is 19.4 Å². The molecule has 3 rings (SSSR count). The van der Waals surface area contributed by atoms with Gasteiger partial charge in [0.25, 0.3) is 0 Å². The molecule has 2 N–H and O–H groups in total. The molecule has 1 aliphatic carbocycles. The third-order valence-electron chi connectivity index (χ3n) is 5.33. The van der Waals surface area contributed by atoms with Gasteiger partial charge in [-0.15, -0.1) is 0 Å². The van der Waals surface area contributed by atoms with Crippen LogP contribution in [0.1, 0.15) is 42.5 Å². The van der Waals surface area contributed by atoms with Gasteiger partial charge in [0.2, 0.25) is 0 Å². The van der Waals surface area contributed by atoms with Gasteiger partial charge in [0.1, 0.15) is 0 Å². The molecule has 0 spiro atoms. The number of nitrogens with zero attached hydrogens (tertiary/aromatic N) is 2. The molecular formula is C17H26N2O2. The predicted octanol–water partition coefficient (Wildman–Crippen LogP) is 1.53. The zero-order valence-electron chi connectivity index (χ0n) is 12.7. The topological polar surface area (TPSA) is 56.6 Å². The number of hydrogen-bond donors (Lipinski definition) is 2. The lowest BCUT2D eigenvalue weighted by molar-refractivity contribution is -0.00348. The van der Waals surface area contributed by atoms with Crippen LogP contribution in [0.5, 0.6) is 0 Å². The van der Waals surface area contributed by atoms with Gasteiger partial charge >= 0.3 is 0 Å². The molecule has 1 aromatic heterocycles. The molecule has 2 heterocycles. The van der Waals surface area contributed by atoms with Crippen LogP contribution in [-0.4, -0.2) is 46.4 Å². The fourth-order valence-electron chi connectivity index (χ4n) is 3.64. The number of pyridine rings is 1. The lowest BCUT2D eigenvalue weighted by Gasteiger charge is -2.39. The summed E-state index contributed by atoms with van der Waals surface area (Å²) < 4.78 is 0. The fraction of sp³-hybridized carbons (Fsp3) is 0.706. The van der Waals surface area contributed by atoms with Crippen molar-refractivity contribution in [1.82, 2.24) is 9.88 Å². The van der Waals surface area contributed by atoms with Crippen molar-refractivity contribution >= 4 is 0 Å². The van der Waals surface area contributed by atoms with Crippen molar-refractivity contribution in [1.29, 1.82) is 0 Å². The van der Waals surface area contributed by atoms with E-state index in [9.17, 15) is 10.2 Å². The molecule has 0 unspecified atom stereocenters. The number of aliphatic hydroxyl groups excluding tert-OH is 2. The van der Waals surface area contributed by atoms with E-state index in [0.29, 0.717) is 0 Å². The highest BCUT2D eigenvalue weighted by atomic mass is 16.3. The van der Waals surface area contributed by atoms with Crippen LogP contribution in [0.3, 0.4) is 0 Å². The molecule has 0 atom stereocenters. The Hall–Kier alpha value is -0.970. The average molecular weight is 290 g/mol. The Kier molecular flexibility index (Phi) is 4.57. The van der Waals surface area contributed by atoms with Gasteiger partial charge in [-0.1, -0.05) is 0 Å². The zero-order chi connectivity index (χ0) is 14.7. The average Bonchev–Trinajstić information content (AvgIpc) is 2.56. The summed E-state index contributed by atoms with van der Waals surface area (Å²) >= 11 is 0. The second-order valence-electron chi connectivity index (χ2n) is 6.69. The maximum absolute atomic E-state index is 9.48. The van der Waals surface area contributed by atoms with E-state index in [4.69, 9.17) is 0 Å². The highest BCUT2D eigenvalue weighted by Crippen LogP contribution is 2.31. The smallest absolute Gasteiger partial charge is 0.0578 e. The molecule has 1 aliphatic heterocycles. The first-order chi connectivity index (χ1) is 10.3. The number of rotatable bonds is 4. The van der Waals surface area contributed by atoms with Crippen LogP contribution >= 0.6 is 0 Å². The molecule has 0 saturated carbocycles. The molecule has 21 heavy (non-hydrogen) atoms. The monoisotopic (exact) mass is 290 g/mol. The van der Waals surface area contributed by atoms with Gasteiger partial charge in [-0.3, -0.25) is 9.88 Å². The standard InChI is InChI=1S/C17H26N2O2/c20-12-17(13-21)6-9-19(10-7-17)11-16-15-4-2-1-3-14(15)5-8-18-16/h5,8,20-21H,1-4,6-7,9-13H2. The molecule has 1 aromatic rings. The summed E-state index contributed by atoms with van der Waals surface area (Å²) in [5.74, 6) is 0. The van der Waals surface area contributed by atoms with Gasteiger partial charge in [-0.05, 0) is 68.8 Å². The first-order valence-corrected chi connectivity index (χ1v) is 8.16. The first-order valence-electron chi connectivity index (χ1n) is 8.16. The van der Waals surface area contributed by atoms with Gasteiger partial charge in [0.05, 0.1) is 18.9 Å². The summed E-state index contributed by atoms with van der Waals surface area (Å²) in [6.45, 7) is 2.97. The van der Waals surface area contributed by atoms with E-state index < -0.39 is 0 Å². The van der Waals surface area contributed by atoms with E-state index in [1.807, 2.05) is 6.20 Å². The van der Waals surface area contributed by atoms with E-state index in [-0.39, 0.29) is 18.6 Å². The number of fused-ring (bicyclic) bond motifs is 1. The second-order valence-corrected chi connectivity index (χ2v) is 6.69. The van der Waals surface area contributed by atoms with E-state index in [0.717, 1.165) is 32.5 Å². The lowest BCUT2D eigenvalue weighted by Crippen LogP contribution is -2.43. The minimum absolute atomic E-state index is 0.0936. The van der Waals surface area contributed by atoms with Gasteiger partial charge in [-0.25, -0.2) is 0 Å². The molecule has 0 radical (unpaired) electrons. The van der Waals surface area contributed by atoms with Crippen molar-refractivity contribution in [3.63, 3.8) is 0 Å². The van der Waals surface area contributed by atoms with Gasteiger partial charge < -0.3 is 10.2 Å². The van der Waals surface area contributed by atoms with Crippen LogP contribution in [0.4, 0.5) is 0 Å². The third kappa shape index (κ3) is 3.12. The van der Waals surface area contributed by atoms with E-state index in [1.54, 1.807) is 0 Å². The summed E-state index contributed by atoms with van der Waals surface area (Å²) in [4.78, 5) is 7.04. The van der Waals surface area contributed by atoms with E-state index in [2.05, 4.69) is 16.0 Å². The summed E-state index contributed by atoms with van der Waals surface area (Å²) in [6, 6.07) is 2.18. The highest BCUT2D eigenvalue weighted by Gasteiger charge is 2.33. The minimum Gasteiger partial charge on any atom is -0.396 e. The molecule has 1 saturated heterocycles. The number of piperidine rings is 1. The Bertz CT molecular complexity index is 476. The highest BCUT2D eigenvalue weighted by molar-refractivity contribution is 5.32. The Labute approximate surface area is 126 Å². The quantitative estimate of drug-likeness (QED) is 0.883. The number of aromatic nitrogens is 1. The summed E-state index contributed by atoms with van der Waals surface area (Å²) in [5, 5.41) is 19.0. The van der Waals surface area contributed by atoms with Crippen molar-refractivity contribution in [2.24, 2.45) is 5.41 Å². The molecule has 4 nitrogen and oxygen atoms in total. The molecular weight excluding hydrogens is 264 g/mol. The van der Waals surface area contributed by atoms with Gasteiger partial charge in [0, 0.05) is 18.2 Å². The Morgan fingerprint density at radius 3 is 2.52 bits per heavy atom. The SMILES string of the molecule is OCC1(CO)CCN(Cc2nccc3c2CCCC3)CC1. The first kappa shape index (κ1) is 14.9. The third-order valence-corrected chi connectivity index (χ3v) is 5.33. The van der Waals surface area contributed by atoms with Crippen molar-refractivity contribution in [3.8, 4) is 0 Å². The van der Waals surface area contributed by atoms with Crippen molar-refractivity contribution < 1.29 is 10.2 Å². The largest absolute Gasteiger partial charge is 0.396 e. The van der Waals surface area contributed by atoms with Crippen LogP contribution in [0.15, 0.2) is 12.3 Å². The normalized spacial score (nSPS) is 22.0. The Balaban J connectivity index is 1.66. The summed E-state index contributed by atoms with van der Waals surface area (Å²) in [7, 11) is 0. The number of aryl methyl sites for hydroxylation is 1. The maximum Gasteiger partial charge on any atom is 0.0578 e. The van der Waals surface area contributed by atoms with Crippen LogP contribution in [0, 0.1) is 5.41 Å². The fourth-order valence-corrected chi connectivity index (χ4v) is 3.64. The number of aliphatic hydroxyl groups is 2. The molecule has 0 amide bonds. The Morgan fingerprint density at radius 2 is 1.81 bits per heavy atom.